The molecule has 0 saturated heterocycles. The first-order chi connectivity index (χ1) is 18.6. The van der Waals surface area contributed by atoms with Gasteiger partial charge >= 0.3 is 10.2 Å². The predicted molar refractivity (Wildman–Crippen MR) is 147 cm³/mol. The highest BCUT2D eigenvalue weighted by atomic mass is 32.2. The van der Waals surface area contributed by atoms with Gasteiger partial charge in [-0.3, -0.25) is 9.59 Å². The smallest absolute Gasteiger partial charge is 0.304 e. The summed E-state index contributed by atoms with van der Waals surface area (Å²) >= 11 is 0. The summed E-state index contributed by atoms with van der Waals surface area (Å²) in [5, 5.41) is 5.40. The molecule has 0 atom stereocenters. The molecule has 0 bridgehead atoms. The first-order valence-corrected chi connectivity index (χ1v) is 13.3. The summed E-state index contributed by atoms with van der Waals surface area (Å²) in [6.07, 6.45) is 0.514. The zero-order valence-electron chi connectivity index (χ0n) is 22.1. The van der Waals surface area contributed by atoms with Crippen LogP contribution < -0.4 is 24.4 Å². The van der Waals surface area contributed by atoms with Crippen LogP contribution in [0.4, 0.5) is 15.8 Å². The molecule has 3 aromatic rings. The standard InChI is InChI=1S/C27H31FN4O6S/c1-31(2)39(35,36)32(23-12-8-6-10-21(23)28)18-26(33)30-22-11-7-5-9-20(22)27(34)29-16-15-19-13-14-24(37-3)25(17-19)38-4/h5-14,17H,15-16,18H2,1-4H3,(H,29,34)(H,30,33). The number of nitrogens with zero attached hydrogens (tertiary/aromatic N) is 2. The molecule has 2 amide bonds. The number of ether oxygens (including phenoxy) is 2. The van der Waals surface area contributed by atoms with E-state index in [4.69, 9.17) is 9.47 Å². The molecule has 0 fully saturated rings. The van der Waals surface area contributed by atoms with E-state index in [-0.39, 0.29) is 16.9 Å². The van der Waals surface area contributed by atoms with Crippen LogP contribution in [0.15, 0.2) is 66.7 Å². The predicted octanol–water partition coefficient (Wildman–Crippen LogP) is 3.07. The number of methoxy groups -OCH3 is 2. The first kappa shape index (κ1) is 29.4. The number of anilines is 2. The number of carbonyl (C=O) groups excluding carboxylic acids is 2. The van der Waals surface area contributed by atoms with Crippen LogP contribution in [0.2, 0.25) is 0 Å². The Morgan fingerprint density at radius 1 is 0.923 bits per heavy atom. The van der Waals surface area contributed by atoms with Gasteiger partial charge in [0.15, 0.2) is 11.5 Å². The van der Waals surface area contributed by atoms with E-state index >= 15 is 0 Å². The lowest BCUT2D eigenvalue weighted by molar-refractivity contribution is -0.114. The minimum Gasteiger partial charge on any atom is -0.493 e. The molecule has 0 heterocycles. The third kappa shape index (κ3) is 7.24. The summed E-state index contributed by atoms with van der Waals surface area (Å²) in [6.45, 7) is -0.407. The maximum absolute atomic E-state index is 14.5. The van der Waals surface area contributed by atoms with Gasteiger partial charge in [0.25, 0.3) is 5.91 Å². The van der Waals surface area contributed by atoms with Gasteiger partial charge in [-0.25, -0.2) is 8.70 Å². The van der Waals surface area contributed by atoms with Gasteiger partial charge in [0.2, 0.25) is 5.91 Å². The highest BCUT2D eigenvalue weighted by Crippen LogP contribution is 2.28. The van der Waals surface area contributed by atoms with Gasteiger partial charge < -0.3 is 20.1 Å². The molecular weight excluding hydrogens is 527 g/mol. The monoisotopic (exact) mass is 558 g/mol. The fourth-order valence-electron chi connectivity index (χ4n) is 3.70. The second-order valence-corrected chi connectivity index (χ2v) is 10.6. The van der Waals surface area contributed by atoms with Crippen LogP contribution in [0.3, 0.4) is 0 Å². The molecule has 0 radical (unpaired) electrons. The number of hydrogen-bond donors (Lipinski definition) is 2. The maximum Gasteiger partial charge on any atom is 0.304 e. The number of rotatable bonds is 12. The molecule has 12 heteroatoms. The summed E-state index contributed by atoms with van der Waals surface area (Å²) in [5.41, 5.74) is 1.01. The number of amides is 2. The lowest BCUT2D eigenvalue weighted by atomic mass is 10.1. The van der Waals surface area contributed by atoms with Crippen molar-refractivity contribution in [1.29, 1.82) is 0 Å². The van der Waals surface area contributed by atoms with Crippen LogP contribution in [0.25, 0.3) is 0 Å². The molecule has 0 aromatic heterocycles. The maximum atomic E-state index is 14.5. The van der Waals surface area contributed by atoms with Gasteiger partial charge in [0, 0.05) is 20.6 Å². The third-order valence-electron chi connectivity index (χ3n) is 5.74. The van der Waals surface area contributed by atoms with Crippen molar-refractivity contribution in [3.05, 3.63) is 83.7 Å². The number of nitrogens with one attached hydrogen (secondary N) is 2. The zero-order valence-corrected chi connectivity index (χ0v) is 22.9. The number of para-hydroxylation sites is 2. The minimum atomic E-state index is -4.21. The third-order valence-corrected chi connectivity index (χ3v) is 7.55. The number of benzene rings is 3. The largest absolute Gasteiger partial charge is 0.493 e. The van der Waals surface area contributed by atoms with Gasteiger partial charge in [-0.2, -0.15) is 12.7 Å². The Morgan fingerprint density at radius 2 is 1.59 bits per heavy atom. The van der Waals surface area contributed by atoms with E-state index in [2.05, 4.69) is 10.6 Å². The van der Waals surface area contributed by atoms with Crippen molar-refractivity contribution < 1.29 is 31.9 Å². The summed E-state index contributed by atoms with van der Waals surface area (Å²) < 4.78 is 52.3. The second kappa shape index (κ2) is 13.1. The Morgan fingerprint density at radius 3 is 2.26 bits per heavy atom. The Kier molecular flexibility index (Phi) is 9.85. The van der Waals surface area contributed by atoms with Gasteiger partial charge in [0.05, 0.1) is 31.2 Å². The van der Waals surface area contributed by atoms with Crippen molar-refractivity contribution in [2.75, 3.05) is 51.0 Å². The van der Waals surface area contributed by atoms with E-state index in [1.807, 2.05) is 12.1 Å². The fraction of sp³-hybridized carbons (Fsp3) is 0.259. The van der Waals surface area contributed by atoms with Gasteiger partial charge in [0.1, 0.15) is 12.4 Å². The number of halogens is 1. The molecule has 0 aliphatic rings. The van der Waals surface area contributed by atoms with Gasteiger partial charge in [-0.05, 0) is 48.4 Å². The topological polar surface area (TPSA) is 117 Å². The lowest BCUT2D eigenvalue weighted by Gasteiger charge is -2.27. The van der Waals surface area contributed by atoms with Crippen molar-refractivity contribution in [2.45, 2.75) is 6.42 Å². The molecule has 39 heavy (non-hydrogen) atoms. The fourth-order valence-corrected chi connectivity index (χ4v) is 4.78. The highest BCUT2D eigenvalue weighted by Gasteiger charge is 2.29. The van der Waals surface area contributed by atoms with Crippen molar-refractivity contribution in [2.24, 2.45) is 0 Å². The molecule has 0 saturated carbocycles. The summed E-state index contributed by atoms with van der Waals surface area (Å²) in [7, 11) is 1.44. The van der Waals surface area contributed by atoms with E-state index in [0.717, 1.165) is 15.9 Å². The molecule has 2 N–H and O–H groups in total. The van der Waals surface area contributed by atoms with Gasteiger partial charge in [-0.1, -0.05) is 30.3 Å². The Bertz CT molecular complexity index is 1430. The highest BCUT2D eigenvalue weighted by molar-refractivity contribution is 7.90. The second-order valence-electron chi connectivity index (χ2n) is 8.54. The molecule has 0 aliphatic heterocycles. The van der Waals surface area contributed by atoms with Crippen LogP contribution >= 0.6 is 0 Å². The average molecular weight is 559 g/mol. The van der Waals surface area contributed by atoms with Crippen LogP contribution in [-0.2, 0) is 21.4 Å². The normalized spacial score (nSPS) is 11.1. The van der Waals surface area contributed by atoms with E-state index in [1.54, 1.807) is 32.4 Å². The number of carbonyl (C=O) groups is 2. The Labute approximate surface area is 227 Å². The molecular formula is C27H31FN4O6S. The van der Waals surface area contributed by atoms with Crippen molar-refractivity contribution in [3.8, 4) is 11.5 Å². The SMILES string of the molecule is COc1ccc(CCNC(=O)c2ccccc2NC(=O)CN(c2ccccc2F)S(=O)(=O)N(C)C)cc1OC. The molecule has 0 unspecified atom stereocenters. The summed E-state index contributed by atoms with van der Waals surface area (Å²) in [5.74, 6) is -0.811. The summed E-state index contributed by atoms with van der Waals surface area (Å²) in [6, 6.07) is 17.0. The van der Waals surface area contributed by atoms with E-state index in [0.29, 0.717) is 28.8 Å². The van der Waals surface area contributed by atoms with E-state index in [9.17, 15) is 22.4 Å². The van der Waals surface area contributed by atoms with Crippen LogP contribution in [-0.4, -0.2) is 65.9 Å². The van der Waals surface area contributed by atoms with Crippen molar-refractivity contribution in [1.82, 2.24) is 9.62 Å². The molecule has 3 aromatic carbocycles. The van der Waals surface area contributed by atoms with Crippen molar-refractivity contribution >= 4 is 33.4 Å². The number of hydrogen-bond acceptors (Lipinski definition) is 6. The molecule has 10 nitrogen and oxygen atoms in total. The van der Waals surface area contributed by atoms with Crippen molar-refractivity contribution in [3.63, 3.8) is 0 Å². The molecule has 0 spiro atoms. The lowest BCUT2D eigenvalue weighted by Crippen LogP contribution is -2.44. The average Bonchev–Trinajstić information content (AvgIpc) is 2.92. The minimum absolute atomic E-state index is 0.182. The Hall–Kier alpha value is -4.16. The van der Waals surface area contributed by atoms with E-state index in [1.165, 1.54) is 44.4 Å². The summed E-state index contributed by atoms with van der Waals surface area (Å²) in [4.78, 5) is 25.9. The molecule has 0 aliphatic carbocycles. The molecule has 208 valence electrons. The first-order valence-electron chi connectivity index (χ1n) is 11.9. The van der Waals surface area contributed by atoms with Crippen LogP contribution in [0.5, 0.6) is 11.5 Å². The van der Waals surface area contributed by atoms with Crippen LogP contribution in [0, 0.1) is 5.82 Å². The zero-order chi connectivity index (χ0) is 28.6. The Balaban J connectivity index is 1.71. The van der Waals surface area contributed by atoms with Crippen LogP contribution in [0.1, 0.15) is 15.9 Å². The van der Waals surface area contributed by atoms with E-state index < -0.39 is 34.4 Å². The molecule has 3 rings (SSSR count). The quantitative estimate of drug-likeness (QED) is 0.353. The van der Waals surface area contributed by atoms with Gasteiger partial charge in [-0.15, -0.1) is 0 Å².